The minimum Gasteiger partial charge on any atom is -0.368 e. The number of nitrogens with one attached hydrogen (secondary N) is 2. The summed E-state index contributed by atoms with van der Waals surface area (Å²) < 4.78 is 5.48. The molecule has 2 aromatic rings. The zero-order valence-electron chi connectivity index (χ0n) is 13.2. The van der Waals surface area contributed by atoms with Gasteiger partial charge in [0.25, 0.3) is 0 Å². The first-order valence-electron chi connectivity index (χ1n) is 8.33. The van der Waals surface area contributed by atoms with Gasteiger partial charge in [-0.05, 0) is 62.3 Å². The Morgan fingerprint density at radius 2 is 2.26 bits per heavy atom. The SMILES string of the molecule is Cc1cc(Cl)cc2c3c([nH]c12)CCC(NC(=O)C1CCCO1)C3. The molecule has 122 valence electrons. The smallest absolute Gasteiger partial charge is 0.249 e. The maximum Gasteiger partial charge on any atom is 0.249 e. The van der Waals surface area contributed by atoms with Crippen LogP contribution in [0.1, 0.15) is 36.1 Å². The molecule has 2 N–H and O–H groups in total. The standard InChI is InChI=1S/C18H21ClN2O2/c1-10-7-11(19)8-14-13-9-12(4-5-15(13)21-17(10)14)20-18(22)16-3-2-6-23-16/h7-8,12,16,21H,2-6,9H2,1H3,(H,20,22). The molecule has 0 saturated carbocycles. The Kier molecular flexibility index (Phi) is 3.82. The van der Waals surface area contributed by atoms with Crippen LogP contribution in [0, 0.1) is 6.92 Å². The number of aryl methyl sites for hydroxylation is 2. The topological polar surface area (TPSA) is 54.1 Å². The quantitative estimate of drug-likeness (QED) is 0.886. The molecule has 2 atom stereocenters. The Balaban J connectivity index is 1.57. The second-order valence-electron chi connectivity index (χ2n) is 6.68. The van der Waals surface area contributed by atoms with Gasteiger partial charge in [0.15, 0.2) is 0 Å². The van der Waals surface area contributed by atoms with E-state index >= 15 is 0 Å². The zero-order chi connectivity index (χ0) is 16.0. The summed E-state index contributed by atoms with van der Waals surface area (Å²) in [6, 6.07) is 4.20. The summed E-state index contributed by atoms with van der Waals surface area (Å²) in [7, 11) is 0. The molecule has 2 unspecified atom stereocenters. The van der Waals surface area contributed by atoms with Crippen LogP contribution >= 0.6 is 11.6 Å². The van der Waals surface area contributed by atoms with Crippen molar-refractivity contribution in [1.29, 1.82) is 0 Å². The number of hydrogen-bond acceptors (Lipinski definition) is 2. The summed E-state index contributed by atoms with van der Waals surface area (Å²) >= 11 is 6.23. The van der Waals surface area contributed by atoms with Crippen molar-refractivity contribution < 1.29 is 9.53 Å². The maximum absolute atomic E-state index is 12.3. The van der Waals surface area contributed by atoms with Gasteiger partial charge in [-0.15, -0.1) is 0 Å². The third kappa shape index (κ3) is 2.74. The lowest BCUT2D eigenvalue weighted by molar-refractivity contribution is -0.130. The van der Waals surface area contributed by atoms with E-state index < -0.39 is 0 Å². The lowest BCUT2D eigenvalue weighted by Gasteiger charge is -2.25. The number of amides is 1. The van der Waals surface area contributed by atoms with Crippen molar-refractivity contribution in [2.45, 2.75) is 51.2 Å². The molecule has 1 aliphatic heterocycles. The normalized spacial score (nSPS) is 23.9. The number of aromatic nitrogens is 1. The molecule has 0 radical (unpaired) electrons. The van der Waals surface area contributed by atoms with Crippen LogP contribution in [0.5, 0.6) is 0 Å². The second kappa shape index (κ2) is 5.84. The molecule has 0 bridgehead atoms. The fourth-order valence-electron chi connectivity index (χ4n) is 3.85. The highest BCUT2D eigenvalue weighted by Gasteiger charge is 2.28. The monoisotopic (exact) mass is 332 g/mol. The fourth-order valence-corrected chi connectivity index (χ4v) is 4.12. The van der Waals surface area contributed by atoms with E-state index in [-0.39, 0.29) is 18.1 Å². The number of hydrogen-bond donors (Lipinski definition) is 2. The summed E-state index contributed by atoms with van der Waals surface area (Å²) in [5.74, 6) is 0.0463. The molecule has 5 heteroatoms. The molecule has 4 rings (SSSR count). The van der Waals surface area contributed by atoms with Gasteiger partial charge in [0.1, 0.15) is 6.10 Å². The molecule has 1 aliphatic carbocycles. The van der Waals surface area contributed by atoms with Crippen molar-refractivity contribution >= 4 is 28.4 Å². The highest BCUT2D eigenvalue weighted by atomic mass is 35.5. The summed E-state index contributed by atoms with van der Waals surface area (Å²) in [6.45, 7) is 2.78. The summed E-state index contributed by atoms with van der Waals surface area (Å²) in [5, 5.41) is 5.14. The fraction of sp³-hybridized carbons (Fsp3) is 0.500. The molecule has 2 heterocycles. The first-order chi connectivity index (χ1) is 11.1. The van der Waals surface area contributed by atoms with Crippen LogP contribution in [0.4, 0.5) is 0 Å². The second-order valence-corrected chi connectivity index (χ2v) is 7.11. The summed E-state index contributed by atoms with van der Waals surface area (Å²) in [4.78, 5) is 15.8. The number of halogens is 1. The lowest BCUT2D eigenvalue weighted by atomic mass is 9.91. The van der Waals surface area contributed by atoms with Crippen molar-refractivity contribution in [3.05, 3.63) is 34.0 Å². The van der Waals surface area contributed by atoms with Gasteiger partial charge >= 0.3 is 0 Å². The summed E-state index contributed by atoms with van der Waals surface area (Å²) in [6.07, 6.45) is 4.34. The van der Waals surface area contributed by atoms with Crippen LogP contribution in [0.3, 0.4) is 0 Å². The minimum atomic E-state index is -0.254. The van der Waals surface area contributed by atoms with Crippen molar-refractivity contribution in [3.8, 4) is 0 Å². The Morgan fingerprint density at radius 1 is 1.39 bits per heavy atom. The average Bonchev–Trinajstić information content (AvgIpc) is 3.15. The molecular weight excluding hydrogens is 312 g/mol. The third-order valence-electron chi connectivity index (χ3n) is 5.03. The number of rotatable bonds is 2. The van der Waals surface area contributed by atoms with E-state index in [9.17, 15) is 4.79 Å². The number of carbonyl (C=O) groups excluding carboxylic acids is 1. The Morgan fingerprint density at radius 3 is 3.04 bits per heavy atom. The number of H-pyrrole nitrogens is 1. The Labute approximate surface area is 140 Å². The van der Waals surface area contributed by atoms with Crippen molar-refractivity contribution in [3.63, 3.8) is 0 Å². The van der Waals surface area contributed by atoms with Gasteiger partial charge in [-0.2, -0.15) is 0 Å². The van der Waals surface area contributed by atoms with Crippen molar-refractivity contribution in [2.24, 2.45) is 0 Å². The van der Waals surface area contributed by atoms with Crippen LogP contribution in [-0.4, -0.2) is 29.6 Å². The molecule has 1 fully saturated rings. The molecule has 1 saturated heterocycles. The van der Waals surface area contributed by atoms with Crippen LogP contribution in [0.25, 0.3) is 10.9 Å². The van der Waals surface area contributed by atoms with Gasteiger partial charge in [-0.3, -0.25) is 4.79 Å². The third-order valence-corrected chi connectivity index (χ3v) is 5.25. The predicted octanol–water partition coefficient (Wildman–Crippen LogP) is 3.28. The molecule has 1 aromatic heterocycles. The molecule has 1 aromatic carbocycles. The Hall–Kier alpha value is -1.52. The molecular formula is C18H21ClN2O2. The van der Waals surface area contributed by atoms with Crippen molar-refractivity contribution in [1.82, 2.24) is 10.3 Å². The number of ether oxygens (including phenoxy) is 1. The highest BCUT2D eigenvalue weighted by Crippen LogP contribution is 2.33. The molecule has 23 heavy (non-hydrogen) atoms. The van der Waals surface area contributed by atoms with Gasteiger partial charge in [-0.1, -0.05) is 11.6 Å². The van der Waals surface area contributed by atoms with E-state index in [0.717, 1.165) is 37.1 Å². The Bertz CT molecular complexity index is 762. The van der Waals surface area contributed by atoms with Crippen LogP contribution in [0.15, 0.2) is 12.1 Å². The number of carbonyl (C=O) groups is 1. The number of benzene rings is 1. The average molecular weight is 333 g/mol. The first kappa shape index (κ1) is 15.0. The summed E-state index contributed by atoms with van der Waals surface area (Å²) in [5.41, 5.74) is 4.93. The maximum atomic E-state index is 12.3. The molecule has 1 amide bonds. The van der Waals surface area contributed by atoms with Crippen LogP contribution < -0.4 is 5.32 Å². The van der Waals surface area contributed by atoms with E-state index in [1.165, 1.54) is 27.7 Å². The predicted molar refractivity (Wildman–Crippen MR) is 91.0 cm³/mol. The molecule has 2 aliphatic rings. The van der Waals surface area contributed by atoms with E-state index in [0.29, 0.717) is 6.61 Å². The van der Waals surface area contributed by atoms with Crippen LogP contribution in [-0.2, 0) is 22.4 Å². The van der Waals surface area contributed by atoms with Gasteiger partial charge < -0.3 is 15.0 Å². The number of fused-ring (bicyclic) bond motifs is 3. The van der Waals surface area contributed by atoms with Gasteiger partial charge in [-0.25, -0.2) is 0 Å². The largest absolute Gasteiger partial charge is 0.368 e. The zero-order valence-corrected chi connectivity index (χ0v) is 14.0. The van der Waals surface area contributed by atoms with Gasteiger partial charge in [0.2, 0.25) is 5.91 Å². The van der Waals surface area contributed by atoms with Gasteiger partial charge in [0.05, 0.1) is 0 Å². The van der Waals surface area contributed by atoms with E-state index in [2.05, 4.69) is 17.2 Å². The van der Waals surface area contributed by atoms with E-state index in [4.69, 9.17) is 16.3 Å². The van der Waals surface area contributed by atoms with Gasteiger partial charge in [0, 0.05) is 34.3 Å². The molecule has 0 spiro atoms. The first-order valence-corrected chi connectivity index (χ1v) is 8.71. The van der Waals surface area contributed by atoms with Crippen molar-refractivity contribution in [2.75, 3.05) is 6.61 Å². The van der Waals surface area contributed by atoms with Crippen LogP contribution in [0.2, 0.25) is 5.02 Å². The lowest BCUT2D eigenvalue weighted by Crippen LogP contribution is -2.43. The van der Waals surface area contributed by atoms with E-state index in [1.807, 2.05) is 12.1 Å². The molecule has 4 nitrogen and oxygen atoms in total. The minimum absolute atomic E-state index is 0.0463. The van der Waals surface area contributed by atoms with E-state index in [1.54, 1.807) is 0 Å². The number of aromatic amines is 1. The highest BCUT2D eigenvalue weighted by molar-refractivity contribution is 6.31.